The van der Waals surface area contributed by atoms with Crippen molar-refractivity contribution in [1.29, 1.82) is 0 Å². The molecule has 1 rings (SSSR count). The molecule has 19 heavy (non-hydrogen) atoms. The van der Waals surface area contributed by atoms with Gasteiger partial charge in [-0.05, 0) is 37.1 Å². The smallest absolute Gasteiger partial charge is 0.154 e. The second kappa shape index (κ2) is 6.57. The molecule has 0 aromatic rings. The lowest BCUT2D eigenvalue weighted by Crippen LogP contribution is -2.56. The molecule has 1 saturated carbocycles. The molecule has 1 aliphatic carbocycles. The van der Waals surface area contributed by atoms with Crippen LogP contribution < -0.4 is 5.32 Å². The number of nitrogens with one attached hydrogen (secondary N) is 1. The molecule has 0 radical (unpaired) electrons. The van der Waals surface area contributed by atoms with E-state index in [0.29, 0.717) is 5.75 Å². The Labute approximate surface area is 119 Å². The van der Waals surface area contributed by atoms with Gasteiger partial charge in [0.15, 0.2) is 9.84 Å². The van der Waals surface area contributed by atoms with Crippen molar-refractivity contribution in [3.8, 4) is 0 Å². The van der Waals surface area contributed by atoms with E-state index in [9.17, 15) is 8.42 Å². The lowest BCUT2D eigenvalue weighted by atomic mass is 9.73. The molecule has 4 heteroatoms. The van der Waals surface area contributed by atoms with Gasteiger partial charge in [0.2, 0.25) is 0 Å². The van der Waals surface area contributed by atoms with Crippen molar-refractivity contribution in [2.45, 2.75) is 71.6 Å². The summed E-state index contributed by atoms with van der Waals surface area (Å²) in [6.07, 6.45) is 4.00. The highest BCUT2D eigenvalue weighted by Crippen LogP contribution is 2.39. The fourth-order valence-corrected chi connectivity index (χ4v) is 5.85. The average molecular weight is 289 g/mol. The maximum Gasteiger partial charge on any atom is 0.154 e. The van der Waals surface area contributed by atoms with E-state index in [1.54, 1.807) is 0 Å². The van der Waals surface area contributed by atoms with Crippen molar-refractivity contribution < 1.29 is 8.42 Å². The Morgan fingerprint density at radius 1 is 1.32 bits per heavy atom. The maximum absolute atomic E-state index is 12.6. The van der Waals surface area contributed by atoms with E-state index in [1.807, 2.05) is 13.8 Å². The van der Waals surface area contributed by atoms with Gasteiger partial charge >= 0.3 is 0 Å². The number of hydrogen-bond donors (Lipinski definition) is 1. The van der Waals surface area contributed by atoms with Gasteiger partial charge in [0, 0.05) is 6.04 Å². The van der Waals surface area contributed by atoms with Crippen molar-refractivity contribution in [2.24, 2.45) is 11.3 Å². The summed E-state index contributed by atoms with van der Waals surface area (Å²) in [4.78, 5) is 0. The van der Waals surface area contributed by atoms with E-state index in [2.05, 4.69) is 26.1 Å². The van der Waals surface area contributed by atoms with Crippen LogP contribution in [0.4, 0.5) is 0 Å². The largest absolute Gasteiger partial charge is 0.312 e. The zero-order valence-electron chi connectivity index (χ0n) is 13.2. The van der Waals surface area contributed by atoms with Crippen LogP contribution >= 0.6 is 0 Å². The minimum atomic E-state index is -3.00. The first-order valence-electron chi connectivity index (χ1n) is 7.65. The number of rotatable bonds is 6. The van der Waals surface area contributed by atoms with Crippen LogP contribution in [-0.2, 0) is 9.84 Å². The summed E-state index contributed by atoms with van der Waals surface area (Å²) >= 11 is 0. The lowest BCUT2D eigenvalue weighted by Gasteiger charge is -2.44. The van der Waals surface area contributed by atoms with Gasteiger partial charge in [-0.25, -0.2) is 8.42 Å². The minimum Gasteiger partial charge on any atom is -0.312 e. The Bertz CT molecular complexity index is 374. The average Bonchev–Trinajstić information content (AvgIpc) is 2.24. The van der Waals surface area contributed by atoms with E-state index in [0.717, 1.165) is 32.2 Å². The van der Waals surface area contributed by atoms with Gasteiger partial charge in [-0.1, -0.05) is 41.0 Å². The molecule has 2 unspecified atom stereocenters. The zero-order chi connectivity index (χ0) is 14.7. The first-order valence-corrected chi connectivity index (χ1v) is 9.37. The SMILES string of the molecule is CCCNC1C(S(=O)(=O)CC(C)C)CCCC1(C)C. The molecule has 0 aromatic heterocycles. The Kier molecular flexibility index (Phi) is 5.87. The molecule has 1 aliphatic rings. The zero-order valence-corrected chi connectivity index (χ0v) is 14.0. The van der Waals surface area contributed by atoms with Crippen molar-refractivity contribution in [3.05, 3.63) is 0 Å². The molecular weight excluding hydrogens is 258 g/mol. The van der Waals surface area contributed by atoms with Gasteiger partial charge in [-0.15, -0.1) is 0 Å². The molecule has 1 N–H and O–H groups in total. The summed E-state index contributed by atoms with van der Waals surface area (Å²) in [5.74, 6) is 0.528. The molecule has 0 heterocycles. The van der Waals surface area contributed by atoms with Crippen molar-refractivity contribution in [1.82, 2.24) is 5.32 Å². The summed E-state index contributed by atoms with van der Waals surface area (Å²) in [5.41, 5.74) is 0.0716. The van der Waals surface area contributed by atoms with Crippen LogP contribution in [0.3, 0.4) is 0 Å². The van der Waals surface area contributed by atoms with Gasteiger partial charge < -0.3 is 5.32 Å². The molecule has 0 amide bonds. The quantitative estimate of drug-likeness (QED) is 0.817. The van der Waals surface area contributed by atoms with Gasteiger partial charge in [0.25, 0.3) is 0 Å². The third-order valence-electron chi connectivity index (χ3n) is 4.16. The highest BCUT2D eigenvalue weighted by Gasteiger charge is 2.44. The van der Waals surface area contributed by atoms with E-state index >= 15 is 0 Å². The van der Waals surface area contributed by atoms with Crippen LogP contribution in [0.5, 0.6) is 0 Å². The van der Waals surface area contributed by atoms with Crippen molar-refractivity contribution in [3.63, 3.8) is 0 Å². The molecule has 0 spiro atoms. The standard InChI is InChI=1S/C15H31NO2S/c1-6-10-16-14-13(8-7-9-15(14,4)5)19(17,18)11-12(2)3/h12-14,16H,6-11H2,1-5H3. The summed E-state index contributed by atoms with van der Waals surface area (Å²) in [6, 6.07) is 0.102. The molecule has 0 aliphatic heterocycles. The fraction of sp³-hybridized carbons (Fsp3) is 1.00. The van der Waals surface area contributed by atoms with Gasteiger partial charge in [-0.3, -0.25) is 0 Å². The molecule has 0 saturated heterocycles. The predicted molar refractivity (Wildman–Crippen MR) is 82.1 cm³/mol. The molecule has 114 valence electrons. The van der Waals surface area contributed by atoms with Crippen LogP contribution in [0, 0.1) is 11.3 Å². The van der Waals surface area contributed by atoms with E-state index in [1.165, 1.54) is 0 Å². The van der Waals surface area contributed by atoms with Gasteiger partial charge in [0.1, 0.15) is 0 Å². The monoisotopic (exact) mass is 289 g/mol. The molecule has 3 nitrogen and oxygen atoms in total. The van der Waals surface area contributed by atoms with E-state index in [4.69, 9.17) is 0 Å². The Balaban J connectivity index is 2.94. The van der Waals surface area contributed by atoms with Gasteiger partial charge in [0.05, 0.1) is 11.0 Å². The topological polar surface area (TPSA) is 46.2 Å². The first-order chi connectivity index (χ1) is 8.70. The van der Waals surface area contributed by atoms with Crippen LogP contribution in [-0.4, -0.2) is 32.0 Å². The lowest BCUT2D eigenvalue weighted by molar-refractivity contribution is 0.171. The molecule has 0 aromatic carbocycles. The highest BCUT2D eigenvalue weighted by molar-refractivity contribution is 7.92. The Morgan fingerprint density at radius 3 is 2.47 bits per heavy atom. The Hall–Kier alpha value is -0.0900. The summed E-state index contributed by atoms with van der Waals surface area (Å²) in [5, 5.41) is 3.31. The van der Waals surface area contributed by atoms with Crippen molar-refractivity contribution in [2.75, 3.05) is 12.3 Å². The summed E-state index contributed by atoms with van der Waals surface area (Å²) in [7, 11) is -3.00. The van der Waals surface area contributed by atoms with E-state index in [-0.39, 0.29) is 22.6 Å². The highest BCUT2D eigenvalue weighted by atomic mass is 32.2. The second-order valence-corrected chi connectivity index (χ2v) is 9.34. The van der Waals surface area contributed by atoms with Crippen LogP contribution in [0.25, 0.3) is 0 Å². The normalized spacial score (nSPS) is 27.7. The third kappa shape index (κ3) is 4.45. The molecule has 1 fully saturated rings. The first kappa shape index (κ1) is 17.0. The van der Waals surface area contributed by atoms with E-state index < -0.39 is 9.84 Å². The van der Waals surface area contributed by atoms with Crippen LogP contribution in [0.2, 0.25) is 0 Å². The third-order valence-corrected chi connectivity index (χ3v) is 6.73. The van der Waals surface area contributed by atoms with Gasteiger partial charge in [-0.2, -0.15) is 0 Å². The number of sulfone groups is 1. The van der Waals surface area contributed by atoms with Crippen molar-refractivity contribution >= 4 is 9.84 Å². The minimum absolute atomic E-state index is 0.0716. The molecule has 2 atom stereocenters. The predicted octanol–water partition coefficient (Wildman–Crippen LogP) is 3.00. The fourth-order valence-electron chi connectivity index (χ4n) is 3.27. The second-order valence-electron chi connectivity index (χ2n) is 7.07. The number of hydrogen-bond acceptors (Lipinski definition) is 3. The Morgan fingerprint density at radius 2 is 1.95 bits per heavy atom. The summed E-state index contributed by atoms with van der Waals surface area (Å²) < 4.78 is 25.2. The molecular formula is C15H31NO2S. The van der Waals surface area contributed by atoms with Crippen LogP contribution in [0.1, 0.15) is 60.3 Å². The van der Waals surface area contributed by atoms with Crippen LogP contribution in [0.15, 0.2) is 0 Å². The molecule has 0 bridgehead atoms. The summed E-state index contributed by atoms with van der Waals surface area (Å²) in [6.45, 7) is 11.4. The maximum atomic E-state index is 12.6.